The summed E-state index contributed by atoms with van der Waals surface area (Å²) in [4.78, 5) is 23.8. The first-order valence-corrected chi connectivity index (χ1v) is 8.76. The van der Waals surface area contributed by atoms with E-state index in [1.165, 1.54) is 0 Å². The molecule has 27 heavy (non-hydrogen) atoms. The standard InChI is InChI=1S/C20H23N3O4/c1-26-18-8-4-15(5-9-18)11-22-20(25)23-17-6-2-14(3-7-17)10-21-19(24)16-12-27-13-16/h2-9,16H,10-13H2,1H3,(H,21,24)(H2,22,23,25). The molecule has 7 nitrogen and oxygen atoms in total. The van der Waals surface area contributed by atoms with Crippen LogP contribution in [0.4, 0.5) is 10.5 Å². The Hall–Kier alpha value is -3.06. The number of carbonyl (C=O) groups is 2. The molecule has 0 unspecified atom stereocenters. The molecule has 1 heterocycles. The minimum absolute atomic E-state index is 0.0151. The molecule has 1 aliphatic rings. The summed E-state index contributed by atoms with van der Waals surface area (Å²) in [7, 11) is 1.61. The van der Waals surface area contributed by atoms with Crippen molar-refractivity contribution in [3.63, 3.8) is 0 Å². The van der Waals surface area contributed by atoms with E-state index in [0.29, 0.717) is 32.0 Å². The van der Waals surface area contributed by atoms with Crippen molar-refractivity contribution < 1.29 is 19.1 Å². The zero-order valence-corrected chi connectivity index (χ0v) is 15.2. The highest BCUT2D eigenvalue weighted by atomic mass is 16.5. The van der Waals surface area contributed by atoms with Crippen LogP contribution in [0.5, 0.6) is 5.75 Å². The van der Waals surface area contributed by atoms with Crippen LogP contribution in [0.1, 0.15) is 11.1 Å². The fourth-order valence-electron chi connectivity index (χ4n) is 2.53. The van der Waals surface area contributed by atoms with E-state index in [1.54, 1.807) is 19.2 Å². The Morgan fingerprint density at radius 1 is 0.963 bits per heavy atom. The van der Waals surface area contributed by atoms with E-state index in [2.05, 4.69) is 16.0 Å². The predicted molar refractivity (Wildman–Crippen MR) is 101 cm³/mol. The van der Waals surface area contributed by atoms with Crippen LogP contribution in [0.2, 0.25) is 0 Å². The van der Waals surface area contributed by atoms with Gasteiger partial charge < -0.3 is 25.4 Å². The molecule has 1 fully saturated rings. The Labute approximate surface area is 158 Å². The Morgan fingerprint density at radius 2 is 1.56 bits per heavy atom. The van der Waals surface area contributed by atoms with Crippen LogP contribution in [0.3, 0.4) is 0 Å². The third-order valence-electron chi connectivity index (χ3n) is 4.30. The van der Waals surface area contributed by atoms with Crippen molar-refractivity contribution in [2.75, 3.05) is 25.6 Å². The second-order valence-corrected chi connectivity index (χ2v) is 6.30. The largest absolute Gasteiger partial charge is 0.497 e. The first-order chi connectivity index (χ1) is 13.1. The maximum absolute atomic E-state index is 12.0. The molecule has 7 heteroatoms. The Kier molecular flexibility index (Phi) is 6.27. The minimum atomic E-state index is -0.281. The third-order valence-corrected chi connectivity index (χ3v) is 4.30. The molecule has 0 bridgehead atoms. The summed E-state index contributed by atoms with van der Waals surface area (Å²) in [5, 5.41) is 8.47. The maximum Gasteiger partial charge on any atom is 0.319 e. The molecule has 0 aliphatic carbocycles. The number of anilines is 1. The zero-order chi connectivity index (χ0) is 19.1. The molecule has 3 N–H and O–H groups in total. The van der Waals surface area contributed by atoms with Crippen molar-refractivity contribution >= 4 is 17.6 Å². The average molecular weight is 369 g/mol. The van der Waals surface area contributed by atoms with Gasteiger partial charge in [-0.15, -0.1) is 0 Å². The van der Waals surface area contributed by atoms with Gasteiger partial charge in [0.2, 0.25) is 5.91 Å². The molecular formula is C20H23N3O4. The molecule has 142 valence electrons. The van der Waals surface area contributed by atoms with Crippen LogP contribution >= 0.6 is 0 Å². The van der Waals surface area contributed by atoms with Crippen LogP contribution in [0.15, 0.2) is 48.5 Å². The van der Waals surface area contributed by atoms with Gasteiger partial charge in [-0.05, 0) is 35.4 Å². The number of benzene rings is 2. The van der Waals surface area contributed by atoms with Gasteiger partial charge in [-0.25, -0.2) is 4.79 Å². The SMILES string of the molecule is COc1ccc(CNC(=O)Nc2ccc(CNC(=O)C3COC3)cc2)cc1. The Balaban J connectivity index is 1.41. The van der Waals surface area contributed by atoms with Gasteiger partial charge in [0.15, 0.2) is 0 Å². The van der Waals surface area contributed by atoms with Crippen molar-refractivity contribution in [1.82, 2.24) is 10.6 Å². The number of urea groups is 1. The summed E-state index contributed by atoms with van der Waals surface area (Å²) in [5.41, 5.74) is 2.63. The lowest BCUT2D eigenvalue weighted by Gasteiger charge is -2.24. The van der Waals surface area contributed by atoms with Crippen LogP contribution in [0, 0.1) is 5.92 Å². The van der Waals surface area contributed by atoms with E-state index in [9.17, 15) is 9.59 Å². The first-order valence-electron chi connectivity index (χ1n) is 8.76. The number of hydrogen-bond donors (Lipinski definition) is 3. The number of ether oxygens (including phenoxy) is 2. The van der Waals surface area contributed by atoms with Gasteiger partial charge in [0.25, 0.3) is 0 Å². The van der Waals surface area contributed by atoms with E-state index in [0.717, 1.165) is 16.9 Å². The monoisotopic (exact) mass is 369 g/mol. The van der Waals surface area contributed by atoms with Gasteiger partial charge >= 0.3 is 6.03 Å². The predicted octanol–water partition coefficient (Wildman–Crippen LogP) is 2.28. The van der Waals surface area contributed by atoms with Crippen LogP contribution in [-0.2, 0) is 22.6 Å². The molecule has 1 saturated heterocycles. The average Bonchev–Trinajstić information content (AvgIpc) is 2.65. The fraction of sp³-hybridized carbons (Fsp3) is 0.300. The molecule has 2 aromatic carbocycles. The number of methoxy groups -OCH3 is 1. The lowest BCUT2D eigenvalue weighted by molar-refractivity contribution is -0.139. The summed E-state index contributed by atoms with van der Waals surface area (Å²) in [5.74, 6) is 0.766. The molecular weight excluding hydrogens is 346 g/mol. The molecule has 3 rings (SSSR count). The summed E-state index contributed by atoms with van der Waals surface area (Å²) < 4.78 is 10.1. The van der Waals surface area contributed by atoms with Crippen molar-refractivity contribution in [3.05, 3.63) is 59.7 Å². The van der Waals surface area contributed by atoms with E-state index >= 15 is 0 Å². The van der Waals surface area contributed by atoms with Gasteiger partial charge in [-0.1, -0.05) is 24.3 Å². The third kappa shape index (κ3) is 5.46. The number of rotatable bonds is 7. The molecule has 0 atom stereocenters. The van der Waals surface area contributed by atoms with Crippen LogP contribution in [-0.4, -0.2) is 32.3 Å². The lowest BCUT2D eigenvalue weighted by atomic mass is 10.1. The summed E-state index contributed by atoms with van der Waals surface area (Å²) >= 11 is 0. The van der Waals surface area contributed by atoms with E-state index in [4.69, 9.17) is 9.47 Å². The minimum Gasteiger partial charge on any atom is -0.497 e. The van der Waals surface area contributed by atoms with Crippen LogP contribution < -0.4 is 20.7 Å². The van der Waals surface area contributed by atoms with Gasteiger partial charge in [-0.3, -0.25) is 4.79 Å². The Bertz CT molecular complexity index is 771. The molecule has 0 aromatic heterocycles. The van der Waals surface area contributed by atoms with E-state index in [1.807, 2.05) is 36.4 Å². The fourth-order valence-corrected chi connectivity index (χ4v) is 2.53. The number of carbonyl (C=O) groups excluding carboxylic acids is 2. The van der Waals surface area contributed by atoms with Crippen molar-refractivity contribution in [1.29, 1.82) is 0 Å². The molecule has 3 amide bonds. The molecule has 0 radical (unpaired) electrons. The summed E-state index contributed by atoms with van der Waals surface area (Å²) in [6.45, 7) is 1.88. The second-order valence-electron chi connectivity index (χ2n) is 6.30. The van der Waals surface area contributed by atoms with Gasteiger partial charge in [0.1, 0.15) is 5.75 Å². The molecule has 1 aliphatic heterocycles. The highest BCUT2D eigenvalue weighted by Gasteiger charge is 2.25. The highest BCUT2D eigenvalue weighted by Crippen LogP contribution is 2.13. The smallest absolute Gasteiger partial charge is 0.319 e. The van der Waals surface area contributed by atoms with Crippen LogP contribution in [0.25, 0.3) is 0 Å². The lowest BCUT2D eigenvalue weighted by Crippen LogP contribution is -2.41. The van der Waals surface area contributed by atoms with Gasteiger partial charge in [0.05, 0.1) is 26.2 Å². The first kappa shape index (κ1) is 18.7. The second kappa shape index (κ2) is 9.05. The van der Waals surface area contributed by atoms with E-state index in [-0.39, 0.29) is 17.9 Å². The molecule has 0 saturated carbocycles. The topological polar surface area (TPSA) is 88.7 Å². The summed E-state index contributed by atoms with van der Waals surface area (Å²) in [6.07, 6.45) is 0. The summed E-state index contributed by atoms with van der Waals surface area (Å²) in [6, 6.07) is 14.6. The highest BCUT2D eigenvalue weighted by molar-refractivity contribution is 5.89. The quantitative estimate of drug-likeness (QED) is 0.699. The maximum atomic E-state index is 12.0. The molecule has 2 aromatic rings. The van der Waals surface area contributed by atoms with Gasteiger partial charge in [0, 0.05) is 18.8 Å². The molecule has 0 spiro atoms. The van der Waals surface area contributed by atoms with Gasteiger partial charge in [-0.2, -0.15) is 0 Å². The number of hydrogen-bond acceptors (Lipinski definition) is 4. The van der Waals surface area contributed by atoms with Crippen molar-refractivity contribution in [2.45, 2.75) is 13.1 Å². The normalized spacial score (nSPS) is 13.4. The zero-order valence-electron chi connectivity index (χ0n) is 15.2. The number of nitrogens with one attached hydrogen (secondary N) is 3. The van der Waals surface area contributed by atoms with Crippen molar-refractivity contribution in [3.8, 4) is 5.75 Å². The number of amides is 3. The van der Waals surface area contributed by atoms with E-state index < -0.39 is 0 Å². The van der Waals surface area contributed by atoms with Crippen molar-refractivity contribution in [2.24, 2.45) is 5.92 Å². The Morgan fingerprint density at radius 3 is 2.11 bits per heavy atom.